The van der Waals surface area contributed by atoms with Gasteiger partial charge >= 0.3 is 5.97 Å². The summed E-state index contributed by atoms with van der Waals surface area (Å²) in [5, 5.41) is 0.710. The average Bonchev–Trinajstić information content (AvgIpc) is 2.24. The number of hydrogen-bond acceptors (Lipinski definition) is 3. The maximum atomic E-state index is 11.1. The number of rotatable bonds is 8. The van der Waals surface area contributed by atoms with Gasteiger partial charge in [0.2, 0.25) is 0 Å². The highest BCUT2D eigenvalue weighted by Gasteiger charge is 2.13. The lowest BCUT2D eigenvalue weighted by atomic mass is 9.96. The van der Waals surface area contributed by atoms with Crippen LogP contribution in [0.4, 0.5) is 0 Å². The van der Waals surface area contributed by atoms with Gasteiger partial charge in [0.15, 0.2) is 0 Å². The molecule has 15 heavy (non-hydrogen) atoms. The van der Waals surface area contributed by atoms with E-state index in [-0.39, 0.29) is 5.97 Å². The molecule has 2 atom stereocenters. The summed E-state index contributed by atoms with van der Waals surface area (Å²) in [5.41, 5.74) is 0. The van der Waals surface area contributed by atoms with Crippen LogP contribution in [0, 0.1) is 5.92 Å². The van der Waals surface area contributed by atoms with Gasteiger partial charge in [0.1, 0.15) is 0 Å². The zero-order chi connectivity index (χ0) is 11.7. The lowest BCUT2D eigenvalue weighted by molar-refractivity contribution is -0.141. The molecule has 0 amide bonds. The molecule has 0 radical (unpaired) electrons. The van der Waals surface area contributed by atoms with Crippen LogP contribution in [0.5, 0.6) is 0 Å². The van der Waals surface area contributed by atoms with Crippen LogP contribution in [-0.2, 0) is 9.53 Å². The average molecular weight is 232 g/mol. The molecule has 0 saturated heterocycles. The number of methoxy groups -OCH3 is 1. The summed E-state index contributed by atoms with van der Waals surface area (Å²) in [4.78, 5) is 11.1. The molecular formula is C12H24O2S. The van der Waals surface area contributed by atoms with Crippen molar-refractivity contribution in [1.82, 2.24) is 0 Å². The van der Waals surface area contributed by atoms with Crippen molar-refractivity contribution in [2.45, 2.75) is 51.7 Å². The van der Waals surface area contributed by atoms with E-state index in [4.69, 9.17) is 4.74 Å². The number of carbonyl (C=O) groups excluding carboxylic acids is 1. The minimum absolute atomic E-state index is 0.0716. The van der Waals surface area contributed by atoms with Crippen molar-refractivity contribution in [1.29, 1.82) is 0 Å². The molecule has 0 aliphatic heterocycles. The third kappa shape index (κ3) is 7.71. The van der Waals surface area contributed by atoms with E-state index < -0.39 is 0 Å². The molecule has 2 unspecified atom stereocenters. The lowest BCUT2D eigenvalue weighted by Gasteiger charge is -2.16. The fraction of sp³-hybridized carbons (Fsp3) is 0.917. The third-order valence-corrected chi connectivity index (χ3v) is 3.83. The first-order chi connectivity index (χ1) is 7.13. The first-order valence-electron chi connectivity index (χ1n) is 5.82. The van der Waals surface area contributed by atoms with Crippen LogP contribution >= 0.6 is 11.8 Å². The van der Waals surface area contributed by atoms with E-state index in [1.807, 2.05) is 11.8 Å². The monoisotopic (exact) mass is 232 g/mol. The van der Waals surface area contributed by atoms with Crippen molar-refractivity contribution in [2.24, 2.45) is 5.92 Å². The summed E-state index contributed by atoms with van der Waals surface area (Å²) in [7, 11) is 1.46. The molecular weight excluding hydrogens is 208 g/mol. The highest BCUT2D eigenvalue weighted by Crippen LogP contribution is 2.22. The molecule has 0 spiro atoms. The summed E-state index contributed by atoms with van der Waals surface area (Å²) < 4.78 is 4.69. The summed E-state index contributed by atoms with van der Waals surface area (Å²) in [6.07, 6.45) is 3.99. The van der Waals surface area contributed by atoms with Crippen LogP contribution in [0.2, 0.25) is 0 Å². The van der Waals surface area contributed by atoms with Gasteiger partial charge in [0.25, 0.3) is 0 Å². The van der Waals surface area contributed by atoms with Crippen molar-refractivity contribution >= 4 is 17.7 Å². The largest absolute Gasteiger partial charge is 0.469 e. The topological polar surface area (TPSA) is 26.3 Å². The molecule has 0 aromatic rings. The molecule has 0 bridgehead atoms. The maximum Gasteiger partial charge on any atom is 0.305 e. The molecule has 0 aromatic carbocycles. The highest BCUT2D eigenvalue weighted by atomic mass is 32.2. The van der Waals surface area contributed by atoms with Crippen LogP contribution < -0.4 is 0 Å². The SMILES string of the molecule is CCSC(C)CCC(CC)CC(=O)OC. The van der Waals surface area contributed by atoms with Crippen molar-refractivity contribution < 1.29 is 9.53 Å². The number of thioether (sulfide) groups is 1. The van der Waals surface area contributed by atoms with Gasteiger partial charge in [-0.2, -0.15) is 11.8 Å². The van der Waals surface area contributed by atoms with Gasteiger partial charge in [-0.15, -0.1) is 0 Å². The van der Waals surface area contributed by atoms with Crippen molar-refractivity contribution in [3.8, 4) is 0 Å². The van der Waals surface area contributed by atoms with Gasteiger partial charge in [-0.25, -0.2) is 0 Å². The van der Waals surface area contributed by atoms with E-state index in [1.165, 1.54) is 19.3 Å². The van der Waals surface area contributed by atoms with Gasteiger partial charge in [-0.1, -0.05) is 27.2 Å². The summed E-state index contributed by atoms with van der Waals surface area (Å²) in [6.45, 7) is 6.59. The maximum absolute atomic E-state index is 11.1. The molecule has 0 saturated carbocycles. The van der Waals surface area contributed by atoms with E-state index in [0.717, 1.165) is 12.8 Å². The molecule has 0 aromatic heterocycles. The van der Waals surface area contributed by atoms with Gasteiger partial charge in [-0.3, -0.25) is 4.79 Å². The Kier molecular flexibility index (Phi) is 8.97. The quantitative estimate of drug-likeness (QED) is 0.599. The van der Waals surface area contributed by atoms with E-state index in [2.05, 4.69) is 20.8 Å². The van der Waals surface area contributed by atoms with Crippen molar-refractivity contribution in [2.75, 3.05) is 12.9 Å². The zero-order valence-electron chi connectivity index (χ0n) is 10.4. The number of esters is 1. The Labute approximate surface area is 98.2 Å². The molecule has 0 N–H and O–H groups in total. The van der Waals surface area contributed by atoms with E-state index in [9.17, 15) is 4.79 Å². The molecule has 90 valence electrons. The zero-order valence-corrected chi connectivity index (χ0v) is 11.2. The summed E-state index contributed by atoms with van der Waals surface area (Å²) >= 11 is 1.99. The smallest absolute Gasteiger partial charge is 0.305 e. The molecule has 0 aliphatic rings. The Morgan fingerprint density at radius 3 is 2.47 bits per heavy atom. The van der Waals surface area contributed by atoms with Crippen LogP contribution in [0.1, 0.15) is 46.5 Å². The van der Waals surface area contributed by atoms with Crippen LogP contribution in [0.15, 0.2) is 0 Å². The normalized spacial score (nSPS) is 14.7. The Balaban J connectivity index is 3.74. The fourth-order valence-corrected chi connectivity index (χ4v) is 2.48. The molecule has 3 heteroatoms. The van der Waals surface area contributed by atoms with Crippen LogP contribution in [0.25, 0.3) is 0 Å². The second kappa shape index (κ2) is 9.08. The van der Waals surface area contributed by atoms with Gasteiger partial charge < -0.3 is 4.74 Å². The number of hydrogen-bond donors (Lipinski definition) is 0. The summed E-state index contributed by atoms with van der Waals surface area (Å²) in [5.74, 6) is 1.60. The first-order valence-corrected chi connectivity index (χ1v) is 6.87. The molecule has 0 aliphatic carbocycles. The van der Waals surface area contributed by atoms with Gasteiger partial charge in [-0.05, 0) is 24.5 Å². The summed E-state index contributed by atoms with van der Waals surface area (Å²) in [6, 6.07) is 0. The van der Waals surface area contributed by atoms with Gasteiger partial charge in [0, 0.05) is 11.7 Å². The van der Waals surface area contributed by atoms with Crippen LogP contribution in [0.3, 0.4) is 0 Å². The van der Waals surface area contributed by atoms with Crippen molar-refractivity contribution in [3.63, 3.8) is 0 Å². The Hall–Kier alpha value is -0.180. The van der Waals surface area contributed by atoms with Crippen LogP contribution in [-0.4, -0.2) is 24.1 Å². The van der Waals surface area contributed by atoms with Gasteiger partial charge in [0.05, 0.1) is 7.11 Å². The lowest BCUT2D eigenvalue weighted by Crippen LogP contribution is -2.11. The number of carbonyl (C=O) groups is 1. The molecule has 0 rings (SSSR count). The predicted molar refractivity (Wildman–Crippen MR) is 67.2 cm³/mol. The number of ether oxygens (including phenoxy) is 1. The van der Waals surface area contributed by atoms with E-state index >= 15 is 0 Å². The molecule has 2 nitrogen and oxygen atoms in total. The standard InChI is InChI=1S/C12H24O2S/c1-5-11(9-12(13)14-4)8-7-10(3)15-6-2/h10-11H,5-9H2,1-4H3. The van der Waals surface area contributed by atoms with E-state index in [0.29, 0.717) is 17.6 Å². The minimum atomic E-state index is -0.0716. The predicted octanol–water partition coefficient (Wildman–Crippen LogP) is 3.50. The third-order valence-electron chi connectivity index (χ3n) is 2.69. The second-order valence-corrected chi connectivity index (χ2v) is 5.61. The molecule has 0 heterocycles. The molecule has 0 fully saturated rings. The second-order valence-electron chi connectivity index (χ2n) is 3.90. The first kappa shape index (κ1) is 14.8. The fourth-order valence-electron chi connectivity index (χ4n) is 1.61. The minimum Gasteiger partial charge on any atom is -0.469 e. The van der Waals surface area contributed by atoms with E-state index in [1.54, 1.807) is 0 Å². The Morgan fingerprint density at radius 2 is 2.00 bits per heavy atom. The Bertz CT molecular complexity index is 171. The Morgan fingerprint density at radius 1 is 1.33 bits per heavy atom. The van der Waals surface area contributed by atoms with Crippen molar-refractivity contribution in [3.05, 3.63) is 0 Å². The highest BCUT2D eigenvalue weighted by molar-refractivity contribution is 7.99.